The molecule has 2 aromatic heterocycles. The van der Waals surface area contributed by atoms with Gasteiger partial charge in [0.05, 0.1) is 11.9 Å². The first-order valence-corrected chi connectivity index (χ1v) is 8.39. The summed E-state index contributed by atoms with van der Waals surface area (Å²) in [7, 11) is -3.51. The summed E-state index contributed by atoms with van der Waals surface area (Å²) in [6.07, 6.45) is 1.46. The maximum Gasteiger partial charge on any atom is 0.233 e. The lowest BCUT2D eigenvalue weighted by molar-refractivity contribution is -0.119. The number of hydrogen-bond acceptors (Lipinski definition) is 5. The Labute approximate surface area is 123 Å². The van der Waals surface area contributed by atoms with Crippen LogP contribution in [0.15, 0.2) is 6.07 Å². The summed E-state index contributed by atoms with van der Waals surface area (Å²) >= 11 is 0. The summed E-state index contributed by atoms with van der Waals surface area (Å²) in [5, 5.41) is 4.36. The van der Waals surface area contributed by atoms with E-state index in [1.165, 1.54) is 0 Å². The quantitative estimate of drug-likeness (QED) is 0.895. The molecule has 7 nitrogen and oxygen atoms in total. The Bertz CT molecular complexity index is 808. The van der Waals surface area contributed by atoms with Crippen molar-refractivity contribution < 1.29 is 13.2 Å². The van der Waals surface area contributed by atoms with Crippen LogP contribution in [0.3, 0.4) is 0 Å². The Kier molecular flexibility index (Phi) is 3.99. The third-order valence-corrected chi connectivity index (χ3v) is 3.79. The highest BCUT2D eigenvalue weighted by Crippen LogP contribution is 2.16. The van der Waals surface area contributed by atoms with E-state index in [4.69, 9.17) is 0 Å². The van der Waals surface area contributed by atoms with E-state index in [0.29, 0.717) is 6.42 Å². The van der Waals surface area contributed by atoms with Gasteiger partial charge in [-0.1, -0.05) is 0 Å². The van der Waals surface area contributed by atoms with Crippen LogP contribution in [0.5, 0.6) is 0 Å². The first kappa shape index (κ1) is 15.4. The fourth-order valence-electron chi connectivity index (χ4n) is 2.30. The van der Waals surface area contributed by atoms with Crippen molar-refractivity contribution >= 4 is 21.6 Å². The number of nitrogens with one attached hydrogen (secondary N) is 1. The molecular weight excluding hydrogens is 292 g/mol. The van der Waals surface area contributed by atoms with Crippen molar-refractivity contribution in [2.45, 2.75) is 33.6 Å². The number of hydrogen-bond donors (Lipinski definition) is 1. The number of carbonyl (C=O) groups is 1. The molecule has 2 heterocycles. The van der Waals surface area contributed by atoms with Crippen molar-refractivity contribution in [2.24, 2.45) is 0 Å². The zero-order valence-corrected chi connectivity index (χ0v) is 13.3. The van der Waals surface area contributed by atoms with E-state index in [-0.39, 0.29) is 6.42 Å². The maximum atomic E-state index is 11.6. The fourth-order valence-corrected chi connectivity index (χ4v) is 2.81. The van der Waals surface area contributed by atoms with Crippen molar-refractivity contribution in [1.29, 1.82) is 0 Å². The van der Waals surface area contributed by atoms with E-state index in [1.54, 1.807) is 4.52 Å². The number of rotatable bonds is 4. The molecule has 0 aliphatic rings. The smallest absolute Gasteiger partial charge is 0.233 e. The first-order chi connectivity index (χ1) is 9.67. The van der Waals surface area contributed by atoms with Gasteiger partial charge in [-0.2, -0.15) is 5.10 Å². The van der Waals surface area contributed by atoms with Crippen molar-refractivity contribution in [1.82, 2.24) is 19.3 Å². The van der Waals surface area contributed by atoms with Crippen LogP contribution in [0.1, 0.15) is 29.1 Å². The minimum Gasteiger partial charge on any atom is -0.274 e. The molecule has 0 unspecified atom stereocenters. The third-order valence-electron chi connectivity index (χ3n) is 3.19. The molecule has 0 radical (unpaired) electrons. The third kappa shape index (κ3) is 3.57. The van der Waals surface area contributed by atoms with Crippen LogP contribution < -0.4 is 4.72 Å². The highest BCUT2D eigenvalue weighted by molar-refractivity contribution is 7.89. The standard InChI is InChI=1S/C13H18N4O3S/c1-8-7-12-14-9(2)11(10(3)17(12)15-8)5-6-13(18)16-21(4,19)20/h7H,5-6H2,1-4H3,(H,16,18). The molecule has 1 N–H and O–H groups in total. The number of amides is 1. The van der Waals surface area contributed by atoms with Gasteiger partial charge in [0, 0.05) is 23.9 Å². The number of nitrogens with zero attached hydrogens (tertiary/aromatic N) is 3. The Morgan fingerprint density at radius 3 is 2.62 bits per heavy atom. The molecule has 114 valence electrons. The minimum absolute atomic E-state index is 0.0855. The largest absolute Gasteiger partial charge is 0.274 e. The molecule has 1 amide bonds. The average molecular weight is 310 g/mol. The zero-order chi connectivity index (χ0) is 15.8. The Morgan fingerprint density at radius 2 is 2.00 bits per heavy atom. The number of carbonyl (C=O) groups excluding carboxylic acids is 1. The summed E-state index contributed by atoms with van der Waals surface area (Å²) in [5.74, 6) is -0.520. The van der Waals surface area contributed by atoms with Crippen LogP contribution in [0.4, 0.5) is 0 Å². The minimum atomic E-state index is -3.51. The van der Waals surface area contributed by atoms with Gasteiger partial charge >= 0.3 is 0 Å². The number of aryl methyl sites for hydroxylation is 3. The van der Waals surface area contributed by atoms with Crippen molar-refractivity contribution in [3.8, 4) is 0 Å². The maximum absolute atomic E-state index is 11.6. The van der Waals surface area contributed by atoms with Gasteiger partial charge in [-0.3, -0.25) is 9.52 Å². The molecule has 8 heteroatoms. The lowest BCUT2D eigenvalue weighted by Crippen LogP contribution is -2.29. The summed E-state index contributed by atoms with van der Waals surface area (Å²) in [4.78, 5) is 16.0. The van der Waals surface area contributed by atoms with Crippen molar-refractivity contribution in [3.63, 3.8) is 0 Å². The van der Waals surface area contributed by atoms with Gasteiger partial charge in [0.15, 0.2) is 5.65 Å². The van der Waals surface area contributed by atoms with Gasteiger partial charge in [0.2, 0.25) is 15.9 Å². The molecule has 0 aromatic carbocycles. The molecule has 0 spiro atoms. The molecule has 21 heavy (non-hydrogen) atoms. The Balaban J connectivity index is 2.24. The summed E-state index contributed by atoms with van der Waals surface area (Å²) in [6.45, 7) is 5.68. The van der Waals surface area contributed by atoms with Gasteiger partial charge < -0.3 is 0 Å². The van der Waals surface area contributed by atoms with Gasteiger partial charge in [-0.15, -0.1) is 0 Å². The van der Waals surface area contributed by atoms with Crippen LogP contribution in [-0.2, 0) is 21.2 Å². The molecule has 0 aliphatic heterocycles. The summed E-state index contributed by atoms with van der Waals surface area (Å²) in [5.41, 5.74) is 4.29. The van der Waals surface area contributed by atoms with E-state index in [0.717, 1.165) is 34.5 Å². The summed E-state index contributed by atoms with van der Waals surface area (Å²) in [6, 6.07) is 1.89. The lowest BCUT2D eigenvalue weighted by Gasteiger charge is -2.10. The van der Waals surface area contributed by atoms with Gasteiger partial charge in [-0.05, 0) is 32.8 Å². The van der Waals surface area contributed by atoms with Gasteiger partial charge in [-0.25, -0.2) is 17.9 Å². The second-order valence-corrected chi connectivity index (χ2v) is 6.86. The molecule has 2 rings (SSSR count). The molecule has 0 fully saturated rings. The fraction of sp³-hybridized carbons (Fsp3) is 0.462. The Hall–Kier alpha value is -1.96. The molecule has 0 bridgehead atoms. The lowest BCUT2D eigenvalue weighted by atomic mass is 10.1. The van der Waals surface area contributed by atoms with Crippen LogP contribution >= 0.6 is 0 Å². The molecule has 0 aliphatic carbocycles. The van der Waals surface area contributed by atoms with Gasteiger partial charge in [0.1, 0.15) is 0 Å². The topological polar surface area (TPSA) is 93.4 Å². The highest BCUT2D eigenvalue weighted by Gasteiger charge is 2.14. The second-order valence-electron chi connectivity index (χ2n) is 5.11. The second kappa shape index (κ2) is 5.44. The SMILES string of the molecule is Cc1cc2nc(C)c(CCC(=O)NS(C)(=O)=O)c(C)n2n1. The van der Waals surface area contributed by atoms with E-state index in [1.807, 2.05) is 31.6 Å². The van der Waals surface area contributed by atoms with E-state index in [2.05, 4.69) is 10.1 Å². The van der Waals surface area contributed by atoms with E-state index >= 15 is 0 Å². The molecule has 2 aromatic rings. The zero-order valence-electron chi connectivity index (χ0n) is 12.5. The van der Waals surface area contributed by atoms with Crippen molar-refractivity contribution in [3.05, 3.63) is 28.7 Å². The molecule has 0 saturated carbocycles. The predicted molar refractivity (Wildman–Crippen MR) is 78.5 cm³/mol. The molecule has 0 atom stereocenters. The van der Waals surface area contributed by atoms with Crippen LogP contribution in [0.25, 0.3) is 5.65 Å². The van der Waals surface area contributed by atoms with Crippen molar-refractivity contribution in [2.75, 3.05) is 6.26 Å². The summed E-state index contributed by atoms with van der Waals surface area (Å²) < 4.78 is 25.7. The molecule has 0 saturated heterocycles. The van der Waals surface area contributed by atoms with E-state index in [9.17, 15) is 13.2 Å². The normalized spacial score (nSPS) is 11.8. The highest BCUT2D eigenvalue weighted by atomic mass is 32.2. The number of fused-ring (bicyclic) bond motifs is 1. The number of aromatic nitrogens is 3. The predicted octanol–water partition coefficient (Wildman–Crippen LogP) is 0.663. The van der Waals surface area contributed by atoms with Crippen LogP contribution in [0.2, 0.25) is 0 Å². The van der Waals surface area contributed by atoms with E-state index < -0.39 is 15.9 Å². The average Bonchev–Trinajstić information content (AvgIpc) is 2.67. The monoisotopic (exact) mass is 310 g/mol. The van der Waals surface area contributed by atoms with Gasteiger partial charge in [0.25, 0.3) is 0 Å². The Morgan fingerprint density at radius 1 is 1.33 bits per heavy atom. The number of sulfonamides is 1. The first-order valence-electron chi connectivity index (χ1n) is 6.50. The molecular formula is C13H18N4O3S. The van der Waals surface area contributed by atoms with Crippen LogP contribution in [0, 0.1) is 20.8 Å². The van der Waals surface area contributed by atoms with Crippen LogP contribution in [-0.4, -0.2) is 35.2 Å².